The maximum atomic E-state index is 12.1. The van der Waals surface area contributed by atoms with Crippen molar-refractivity contribution in [1.29, 1.82) is 0 Å². The Hall–Kier alpha value is -0.430. The number of nitrogens with one attached hydrogen (secondary N) is 2. The molecule has 0 saturated heterocycles. The topological polar surface area (TPSA) is 58.2 Å². The van der Waals surface area contributed by atoms with E-state index in [4.69, 9.17) is 0 Å². The van der Waals surface area contributed by atoms with Gasteiger partial charge in [0.2, 0.25) is 10.0 Å². The van der Waals surface area contributed by atoms with Gasteiger partial charge < -0.3 is 5.32 Å². The van der Waals surface area contributed by atoms with Crippen LogP contribution in [0.25, 0.3) is 0 Å². The molecule has 17 heavy (non-hydrogen) atoms. The molecule has 0 spiro atoms. The Labute approximate surface area is 106 Å². The first kappa shape index (κ1) is 13.0. The Bertz CT molecular complexity index is 464. The van der Waals surface area contributed by atoms with Gasteiger partial charge in [-0.15, -0.1) is 11.3 Å². The van der Waals surface area contributed by atoms with Crippen LogP contribution in [0, 0.1) is 0 Å². The van der Waals surface area contributed by atoms with Crippen LogP contribution in [-0.4, -0.2) is 21.0 Å². The lowest BCUT2D eigenvalue weighted by Crippen LogP contribution is -2.26. The van der Waals surface area contributed by atoms with Gasteiger partial charge in [0.05, 0.1) is 4.90 Å². The molecule has 0 unspecified atom stereocenters. The standard InChI is InChI=1S/C11H18N2O2S2/c1-2-6-12-8-10-11(5-7-16-10)17(14,15)13-9-3-4-9/h5,7,9,12-13H,2-4,6,8H2,1H3. The Morgan fingerprint density at radius 2 is 2.24 bits per heavy atom. The molecule has 2 rings (SSSR count). The molecule has 96 valence electrons. The van der Waals surface area contributed by atoms with Gasteiger partial charge in [-0.1, -0.05) is 6.92 Å². The van der Waals surface area contributed by atoms with E-state index in [-0.39, 0.29) is 6.04 Å². The quantitative estimate of drug-likeness (QED) is 0.744. The molecular weight excluding hydrogens is 256 g/mol. The third-order valence-electron chi connectivity index (χ3n) is 2.61. The smallest absolute Gasteiger partial charge is 0.241 e. The Balaban J connectivity index is 2.06. The summed E-state index contributed by atoms with van der Waals surface area (Å²) in [5, 5.41) is 5.07. The van der Waals surface area contributed by atoms with E-state index in [0.717, 1.165) is 30.7 Å². The number of hydrogen-bond donors (Lipinski definition) is 2. The third-order valence-corrected chi connectivity index (χ3v) is 5.26. The SMILES string of the molecule is CCCNCc1sccc1S(=O)(=O)NC1CC1. The maximum Gasteiger partial charge on any atom is 0.241 e. The zero-order chi connectivity index (χ0) is 12.3. The molecule has 0 aliphatic heterocycles. The average Bonchev–Trinajstić information content (AvgIpc) is 2.94. The van der Waals surface area contributed by atoms with Crippen LogP contribution in [0.4, 0.5) is 0 Å². The highest BCUT2D eigenvalue weighted by molar-refractivity contribution is 7.89. The van der Waals surface area contributed by atoms with Crippen molar-refractivity contribution in [3.05, 3.63) is 16.3 Å². The van der Waals surface area contributed by atoms with Gasteiger partial charge in [-0.05, 0) is 37.3 Å². The van der Waals surface area contributed by atoms with E-state index in [1.165, 1.54) is 11.3 Å². The second-order valence-corrected chi connectivity index (χ2v) is 6.96. The van der Waals surface area contributed by atoms with Crippen LogP contribution in [0.15, 0.2) is 16.3 Å². The lowest BCUT2D eigenvalue weighted by atomic mass is 10.4. The summed E-state index contributed by atoms with van der Waals surface area (Å²) in [5.41, 5.74) is 0. The molecule has 0 radical (unpaired) electrons. The van der Waals surface area contributed by atoms with E-state index >= 15 is 0 Å². The Morgan fingerprint density at radius 1 is 1.47 bits per heavy atom. The van der Waals surface area contributed by atoms with E-state index < -0.39 is 10.0 Å². The first-order valence-electron chi connectivity index (χ1n) is 5.93. The van der Waals surface area contributed by atoms with Crippen LogP contribution in [0.5, 0.6) is 0 Å². The van der Waals surface area contributed by atoms with Crippen molar-refractivity contribution in [3.8, 4) is 0 Å². The summed E-state index contributed by atoms with van der Waals surface area (Å²) in [6.07, 6.45) is 2.98. The molecule has 1 aliphatic carbocycles. The van der Waals surface area contributed by atoms with E-state index in [2.05, 4.69) is 17.0 Å². The molecule has 4 nitrogen and oxygen atoms in total. The zero-order valence-corrected chi connectivity index (χ0v) is 11.5. The molecule has 0 amide bonds. The highest BCUT2D eigenvalue weighted by Gasteiger charge is 2.29. The normalized spacial score (nSPS) is 16.3. The average molecular weight is 274 g/mol. The fourth-order valence-corrected chi connectivity index (χ4v) is 4.28. The maximum absolute atomic E-state index is 12.1. The van der Waals surface area contributed by atoms with Crippen LogP contribution in [0.3, 0.4) is 0 Å². The second kappa shape index (κ2) is 5.48. The van der Waals surface area contributed by atoms with Gasteiger partial charge in [0.1, 0.15) is 0 Å². The molecule has 0 atom stereocenters. The number of sulfonamides is 1. The monoisotopic (exact) mass is 274 g/mol. The van der Waals surface area contributed by atoms with E-state index in [1.807, 2.05) is 5.38 Å². The van der Waals surface area contributed by atoms with Gasteiger partial charge in [-0.25, -0.2) is 13.1 Å². The van der Waals surface area contributed by atoms with Crippen molar-refractivity contribution >= 4 is 21.4 Å². The minimum atomic E-state index is -3.30. The summed E-state index contributed by atoms with van der Waals surface area (Å²) in [7, 11) is -3.30. The number of hydrogen-bond acceptors (Lipinski definition) is 4. The molecule has 2 N–H and O–H groups in total. The molecular formula is C11H18N2O2S2. The van der Waals surface area contributed by atoms with E-state index in [1.54, 1.807) is 6.07 Å². The van der Waals surface area contributed by atoms with Crippen LogP contribution in [-0.2, 0) is 16.6 Å². The van der Waals surface area contributed by atoms with Crippen molar-refractivity contribution in [3.63, 3.8) is 0 Å². The van der Waals surface area contributed by atoms with Gasteiger partial charge in [0.25, 0.3) is 0 Å². The van der Waals surface area contributed by atoms with Gasteiger partial charge in [0.15, 0.2) is 0 Å². The zero-order valence-electron chi connectivity index (χ0n) is 9.90. The summed E-state index contributed by atoms with van der Waals surface area (Å²) in [6.45, 7) is 3.63. The molecule has 1 aliphatic rings. The minimum Gasteiger partial charge on any atom is -0.312 e. The molecule has 0 aromatic carbocycles. The molecule has 1 heterocycles. The van der Waals surface area contributed by atoms with Crippen LogP contribution < -0.4 is 10.0 Å². The van der Waals surface area contributed by atoms with Crippen molar-refractivity contribution in [2.75, 3.05) is 6.54 Å². The third kappa shape index (κ3) is 3.51. The largest absolute Gasteiger partial charge is 0.312 e. The van der Waals surface area contributed by atoms with Gasteiger partial charge >= 0.3 is 0 Å². The first-order valence-corrected chi connectivity index (χ1v) is 8.29. The fourth-order valence-electron chi connectivity index (χ4n) is 1.56. The van der Waals surface area contributed by atoms with Crippen molar-refractivity contribution in [1.82, 2.24) is 10.0 Å². The minimum absolute atomic E-state index is 0.163. The number of thiophene rings is 1. The molecule has 0 bridgehead atoms. The molecule has 1 aromatic heterocycles. The summed E-state index contributed by atoms with van der Waals surface area (Å²) < 4.78 is 26.8. The van der Waals surface area contributed by atoms with Crippen LogP contribution in [0.1, 0.15) is 31.1 Å². The van der Waals surface area contributed by atoms with Crippen LogP contribution in [0.2, 0.25) is 0 Å². The van der Waals surface area contributed by atoms with Crippen molar-refractivity contribution < 1.29 is 8.42 Å². The van der Waals surface area contributed by atoms with Crippen molar-refractivity contribution in [2.24, 2.45) is 0 Å². The Kier molecular flexibility index (Phi) is 4.19. The number of rotatable bonds is 7. The Morgan fingerprint density at radius 3 is 2.88 bits per heavy atom. The summed E-state index contributed by atoms with van der Waals surface area (Å²) in [5.74, 6) is 0. The summed E-state index contributed by atoms with van der Waals surface area (Å²) in [6, 6.07) is 1.86. The van der Waals surface area contributed by atoms with E-state index in [0.29, 0.717) is 11.4 Å². The first-order chi connectivity index (χ1) is 8.13. The van der Waals surface area contributed by atoms with Gasteiger partial charge in [-0.3, -0.25) is 0 Å². The highest BCUT2D eigenvalue weighted by atomic mass is 32.2. The molecule has 6 heteroatoms. The highest BCUT2D eigenvalue weighted by Crippen LogP contribution is 2.26. The van der Waals surface area contributed by atoms with Gasteiger partial charge in [-0.2, -0.15) is 0 Å². The lowest BCUT2D eigenvalue weighted by Gasteiger charge is -2.07. The molecule has 1 fully saturated rings. The molecule has 1 saturated carbocycles. The van der Waals surface area contributed by atoms with Crippen molar-refractivity contribution in [2.45, 2.75) is 43.7 Å². The molecule has 1 aromatic rings. The summed E-state index contributed by atoms with van der Waals surface area (Å²) in [4.78, 5) is 1.34. The lowest BCUT2D eigenvalue weighted by molar-refractivity contribution is 0.579. The van der Waals surface area contributed by atoms with Crippen LogP contribution >= 0.6 is 11.3 Å². The van der Waals surface area contributed by atoms with E-state index in [9.17, 15) is 8.42 Å². The fraction of sp³-hybridized carbons (Fsp3) is 0.636. The predicted octanol–water partition coefficient (Wildman–Crippen LogP) is 1.69. The van der Waals surface area contributed by atoms with Gasteiger partial charge in [0, 0.05) is 17.5 Å². The summed E-state index contributed by atoms with van der Waals surface area (Å²) >= 11 is 1.49. The second-order valence-electron chi connectivity index (χ2n) is 4.28. The predicted molar refractivity (Wildman–Crippen MR) is 69.7 cm³/mol.